The lowest BCUT2D eigenvalue weighted by Gasteiger charge is -2.07. The number of aromatic nitrogens is 3. The molecule has 31 heavy (non-hydrogen) atoms. The minimum atomic E-state index is -0.548. The molecule has 0 radical (unpaired) electrons. The van der Waals surface area contributed by atoms with Crippen molar-refractivity contribution in [3.63, 3.8) is 0 Å². The summed E-state index contributed by atoms with van der Waals surface area (Å²) in [6.07, 6.45) is 0.493. The van der Waals surface area contributed by atoms with Crippen LogP contribution in [0.15, 0.2) is 52.1 Å². The second kappa shape index (κ2) is 10.7. The van der Waals surface area contributed by atoms with Gasteiger partial charge in [0.25, 0.3) is 5.91 Å². The van der Waals surface area contributed by atoms with Crippen molar-refractivity contribution >= 4 is 56.8 Å². The first-order valence-electron chi connectivity index (χ1n) is 9.13. The molecule has 2 aromatic carbocycles. The molecule has 1 heterocycles. The molecule has 0 bridgehead atoms. The third-order valence-electron chi connectivity index (χ3n) is 4.20. The predicted molar refractivity (Wildman–Crippen MR) is 122 cm³/mol. The van der Waals surface area contributed by atoms with E-state index in [4.69, 9.17) is 11.6 Å². The lowest BCUT2D eigenvalue weighted by Crippen LogP contribution is -2.26. The zero-order valence-electron chi connectivity index (χ0n) is 16.4. The van der Waals surface area contributed by atoms with Gasteiger partial charge in [-0.1, -0.05) is 39.3 Å². The van der Waals surface area contributed by atoms with E-state index in [0.717, 1.165) is 4.47 Å². The van der Waals surface area contributed by atoms with Gasteiger partial charge in [-0.2, -0.15) is 0 Å². The van der Waals surface area contributed by atoms with Gasteiger partial charge < -0.3 is 15.2 Å². The minimum absolute atomic E-state index is 0.0596. The maximum Gasteiger partial charge on any atom is 0.251 e. The van der Waals surface area contributed by atoms with Crippen molar-refractivity contribution in [1.82, 2.24) is 20.1 Å². The van der Waals surface area contributed by atoms with Crippen molar-refractivity contribution in [2.24, 2.45) is 7.05 Å². The Hall–Kier alpha value is -2.43. The number of thioether (sulfide) groups is 1. The molecule has 0 saturated heterocycles. The number of hydrogen-bond acceptors (Lipinski definition) is 5. The van der Waals surface area contributed by atoms with Crippen molar-refractivity contribution in [3.05, 3.63) is 69.2 Å². The Bertz CT molecular complexity index is 1090. The van der Waals surface area contributed by atoms with Gasteiger partial charge in [0.2, 0.25) is 5.91 Å². The van der Waals surface area contributed by atoms with Crippen molar-refractivity contribution in [1.29, 1.82) is 0 Å². The van der Waals surface area contributed by atoms with Gasteiger partial charge in [0, 0.05) is 35.7 Å². The molecular formula is C20H18BrClFN5O2S. The monoisotopic (exact) mass is 525 g/mol. The smallest absolute Gasteiger partial charge is 0.251 e. The fourth-order valence-corrected chi connectivity index (χ4v) is 3.76. The van der Waals surface area contributed by atoms with E-state index in [1.807, 2.05) is 12.1 Å². The normalized spacial score (nSPS) is 10.7. The number of hydrogen-bond donors (Lipinski definition) is 2. The first kappa shape index (κ1) is 23.2. The molecule has 0 aliphatic heterocycles. The highest BCUT2D eigenvalue weighted by Crippen LogP contribution is 2.20. The van der Waals surface area contributed by atoms with Gasteiger partial charge in [-0.05, 0) is 42.5 Å². The SMILES string of the molecule is Cn1c(CCNC(=O)c2ccc(Br)cc2)nnc1SCC(=O)Nc1ccc(F)c(Cl)c1. The minimum Gasteiger partial charge on any atom is -0.352 e. The molecular weight excluding hydrogens is 509 g/mol. The van der Waals surface area contributed by atoms with Crippen molar-refractivity contribution in [3.8, 4) is 0 Å². The molecule has 7 nitrogen and oxygen atoms in total. The summed E-state index contributed by atoms with van der Waals surface area (Å²) >= 11 is 10.3. The van der Waals surface area contributed by atoms with Crippen LogP contribution in [0.2, 0.25) is 5.02 Å². The zero-order chi connectivity index (χ0) is 22.4. The molecule has 0 atom stereocenters. The Morgan fingerprint density at radius 3 is 2.65 bits per heavy atom. The molecule has 2 N–H and O–H groups in total. The molecule has 0 aliphatic rings. The lowest BCUT2D eigenvalue weighted by atomic mass is 10.2. The van der Waals surface area contributed by atoms with E-state index < -0.39 is 5.82 Å². The fourth-order valence-electron chi connectivity index (χ4n) is 2.58. The Balaban J connectivity index is 1.47. The maximum absolute atomic E-state index is 13.2. The van der Waals surface area contributed by atoms with Crippen LogP contribution in [0.5, 0.6) is 0 Å². The van der Waals surface area contributed by atoms with Gasteiger partial charge in [0.05, 0.1) is 10.8 Å². The van der Waals surface area contributed by atoms with Gasteiger partial charge in [0.15, 0.2) is 5.16 Å². The van der Waals surface area contributed by atoms with Gasteiger partial charge in [0.1, 0.15) is 11.6 Å². The van der Waals surface area contributed by atoms with Crippen LogP contribution in [-0.2, 0) is 18.3 Å². The molecule has 0 fully saturated rings. The predicted octanol–water partition coefficient (Wildman–Crippen LogP) is 4.07. The molecule has 3 rings (SSSR count). The molecule has 0 aliphatic carbocycles. The Kier molecular flexibility index (Phi) is 8.05. The number of anilines is 1. The third kappa shape index (κ3) is 6.52. The lowest BCUT2D eigenvalue weighted by molar-refractivity contribution is -0.113. The summed E-state index contributed by atoms with van der Waals surface area (Å²) < 4.78 is 15.9. The van der Waals surface area contributed by atoms with Crippen LogP contribution < -0.4 is 10.6 Å². The third-order valence-corrected chi connectivity index (χ3v) is 6.04. The zero-order valence-corrected chi connectivity index (χ0v) is 19.5. The highest BCUT2D eigenvalue weighted by molar-refractivity contribution is 9.10. The van der Waals surface area contributed by atoms with Crippen LogP contribution in [0.4, 0.5) is 10.1 Å². The Morgan fingerprint density at radius 2 is 1.94 bits per heavy atom. The second-order valence-electron chi connectivity index (χ2n) is 6.44. The average molecular weight is 527 g/mol. The van der Waals surface area contributed by atoms with E-state index in [0.29, 0.717) is 35.2 Å². The summed E-state index contributed by atoms with van der Waals surface area (Å²) in [5.74, 6) is -0.208. The highest BCUT2D eigenvalue weighted by atomic mass is 79.9. The van der Waals surface area contributed by atoms with Gasteiger partial charge in [-0.15, -0.1) is 10.2 Å². The molecule has 0 saturated carbocycles. The number of carbonyl (C=O) groups is 2. The Labute approximate surface area is 195 Å². The first-order valence-corrected chi connectivity index (χ1v) is 11.3. The Morgan fingerprint density at radius 1 is 1.19 bits per heavy atom. The number of benzene rings is 2. The summed E-state index contributed by atoms with van der Waals surface area (Å²) in [7, 11) is 1.80. The van der Waals surface area contributed by atoms with Crippen LogP contribution in [0.25, 0.3) is 0 Å². The number of halogens is 3. The van der Waals surface area contributed by atoms with Crippen molar-refractivity contribution < 1.29 is 14.0 Å². The van der Waals surface area contributed by atoms with Gasteiger partial charge in [-0.25, -0.2) is 4.39 Å². The van der Waals surface area contributed by atoms with E-state index >= 15 is 0 Å². The number of nitrogens with zero attached hydrogens (tertiary/aromatic N) is 3. The van der Waals surface area contributed by atoms with Gasteiger partial charge >= 0.3 is 0 Å². The van der Waals surface area contributed by atoms with E-state index in [-0.39, 0.29) is 22.6 Å². The van der Waals surface area contributed by atoms with E-state index in [9.17, 15) is 14.0 Å². The number of carbonyl (C=O) groups excluding carboxylic acids is 2. The molecule has 2 amide bonds. The molecule has 162 valence electrons. The van der Waals surface area contributed by atoms with Crippen molar-refractivity contribution in [2.75, 3.05) is 17.6 Å². The van der Waals surface area contributed by atoms with E-state index in [2.05, 4.69) is 36.8 Å². The summed E-state index contributed by atoms with van der Waals surface area (Å²) in [6, 6.07) is 11.1. The standard InChI is InChI=1S/C20H18BrClFN5O2S/c1-28-17(8-9-24-19(30)12-2-4-13(21)5-3-12)26-27-20(28)31-11-18(29)25-14-6-7-16(23)15(22)10-14/h2-7,10H,8-9,11H2,1H3,(H,24,30)(H,25,29). The van der Waals surface area contributed by atoms with Crippen LogP contribution in [-0.4, -0.2) is 38.9 Å². The molecule has 11 heteroatoms. The average Bonchev–Trinajstić information content (AvgIpc) is 3.09. The summed E-state index contributed by atoms with van der Waals surface area (Å²) in [6.45, 7) is 0.400. The van der Waals surface area contributed by atoms with Crippen molar-refractivity contribution in [2.45, 2.75) is 11.6 Å². The topological polar surface area (TPSA) is 88.9 Å². The highest BCUT2D eigenvalue weighted by Gasteiger charge is 2.13. The first-order chi connectivity index (χ1) is 14.8. The quantitative estimate of drug-likeness (QED) is 0.432. The van der Waals surface area contributed by atoms with Crippen LogP contribution >= 0.6 is 39.3 Å². The van der Waals surface area contributed by atoms with Crippen LogP contribution in [0, 0.1) is 5.82 Å². The molecule has 3 aromatic rings. The number of amides is 2. The molecule has 0 unspecified atom stereocenters. The maximum atomic E-state index is 13.2. The van der Waals surface area contributed by atoms with E-state index in [1.165, 1.54) is 30.0 Å². The number of nitrogens with one attached hydrogen (secondary N) is 2. The van der Waals surface area contributed by atoms with E-state index in [1.54, 1.807) is 23.7 Å². The number of rotatable bonds is 8. The summed E-state index contributed by atoms with van der Waals surface area (Å²) in [4.78, 5) is 24.3. The summed E-state index contributed by atoms with van der Waals surface area (Å²) in [5, 5.41) is 14.2. The van der Waals surface area contributed by atoms with Gasteiger partial charge in [-0.3, -0.25) is 9.59 Å². The second-order valence-corrected chi connectivity index (χ2v) is 8.70. The molecule has 0 spiro atoms. The van der Waals surface area contributed by atoms with Crippen LogP contribution in [0.1, 0.15) is 16.2 Å². The molecule has 1 aromatic heterocycles. The fraction of sp³-hybridized carbons (Fsp3) is 0.200. The largest absolute Gasteiger partial charge is 0.352 e. The van der Waals surface area contributed by atoms with Crippen LogP contribution in [0.3, 0.4) is 0 Å². The summed E-state index contributed by atoms with van der Waals surface area (Å²) in [5.41, 5.74) is 0.989.